The molecule has 1 aromatic carbocycles. The molecule has 4 rings (SSSR count). The highest BCUT2D eigenvalue weighted by Crippen LogP contribution is 2.39. The molecule has 0 saturated carbocycles. The second kappa shape index (κ2) is 10.5. The number of nitrogens with one attached hydrogen (secondary N) is 2. The van der Waals surface area contributed by atoms with Crippen molar-refractivity contribution in [3.05, 3.63) is 76.2 Å². The third-order valence-electron chi connectivity index (χ3n) is 6.33. The van der Waals surface area contributed by atoms with Crippen molar-refractivity contribution in [1.29, 1.82) is 0 Å². The summed E-state index contributed by atoms with van der Waals surface area (Å²) in [7, 11) is 0. The topological polar surface area (TPSA) is 94.6 Å². The minimum Gasteiger partial charge on any atom is -0.349 e. The zero-order valence-electron chi connectivity index (χ0n) is 20.1. The van der Waals surface area contributed by atoms with Crippen LogP contribution in [0.4, 0.5) is 4.79 Å². The fourth-order valence-corrected chi connectivity index (χ4v) is 4.91. The molecule has 0 saturated heterocycles. The molecule has 4 amide bonds. The van der Waals surface area contributed by atoms with E-state index in [0.29, 0.717) is 34.8 Å². The number of amides is 4. The third kappa shape index (κ3) is 5.03. The Hall–Kier alpha value is -3.39. The van der Waals surface area contributed by atoms with Gasteiger partial charge < -0.3 is 15.5 Å². The smallest absolute Gasteiger partial charge is 0.322 e. The zero-order chi connectivity index (χ0) is 25.1. The molecule has 0 radical (unpaired) electrons. The lowest BCUT2D eigenvalue weighted by atomic mass is 9.95. The van der Waals surface area contributed by atoms with Crippen molar-refractivity contribution in [3.63, 3.8) is 0 Å². The molecule has 2 N–H and O–H groups in total. The Balaban J connectivity index is 1.65. The van der Waals surface area contributed by atoms with Gasteiger partial charge in [-0.25, -0.2) is 4.79 Å². The Morgan fingerprint density at radius 2 is 1.94 bits per heavy atom. The standard InChI is InChI=1S/C26H30ClN5O3/c1-4-31-21-15-32(20(13-16(2)3)24(33)29-14-17-9-7-8-12-28-17)25(34)22(21)23(30-26(31)35)18-10-5-6-11-19(18)27/h5-12,16,20,23H,4,13-15H2,1-3H3,(H,29,33)(H,30,35)/t20-,23-/m1/s1. The summed E-state index contributed by atoms with van der Waals surface area (Å²) in [6.07, 6.45) is 2.16. The SMILES string of the molecule is CCN1C(=O)N[C@H](c2ccccc2Cl)C2=C1CN([C@H](CC(C)C)C(=O)NCc1ccccn1)C2=O. The maximum Gasteiger partial charge on any atom is 0.322 e. The first-order chi connectivity index (χ1) is 16.8. The summed E-state index contributed by atoms with van der Waals surface area (Å²) in [5, 5.41) is 6.34. The summed E-state index contributed by atoms with van der Waals surface area (Å²) in [4.78, 5) is 47.6. The molecule has 8 nitrogen and oxygen atoms in total. The Morgan fingerprint density at radius 3 is 2.60 bits per heavy atom. The Bertz CT molecular complexity index is 1150. The van der Waals surface area contributed by atoms with E-state index in [-0.39, 0.29) is 36.9 Å². The van der Waals surface area contributed by atoms with E-state index in [1.54, 1.807) is 34.2 Å². The minimum absolute atomic E-state index is 0.174. The monoisotopic (exact) mass is 495 g/mol. The van der Waals surface area contributed by atoms with Gasteiger partial charge in [-0.3, -0.25) is 19.5 Å². The number of rotatable bonds is 8. The van der Waals surface area contributed by atoms with Crippen LogP contribution in [0.25, 0.3) is 0 Å². The minimum atomic E-state index is -0.683. The van der Waals surface area contributed by atoms with Crippen LogP contribution in [0.15, 0.2) is 59.9 Å². The van der Waals surface area contributed by atoms with Crippen molar-refractivity contribution < 1.29 is 14.4 Å². The first-order valence-corrected chi connectivity index (χ1v) is 12.2. The lowest BCUT2D eigenvalue weighted by Gasteiger charge is -2.33. The van der Waals surface area contributed by atoms with Gasteiger partial charge in [-0.1, -0.05) is 49.7 Å². The molecule has 0 spiro atoms. The van der Waals surface area contributed by atoms with Crippen LogP contribution in [0.3, 0.4) is 0 Å². The van der Waals surface area contributed by atoms with Crippen LogP contribution in [0, 0.1) is 5.92 Å². The molecule has 2 aliphatic heterocycles. The van der Waals surface area contributed by atoms with Crippen molar-refractivity contribution in [2.24, 2.45) is 5.92 Å². The first-order valence-electron chi connectivity index (χ1n) is 11.9. The largest absolute Gasteiger partial charge is 0.349 e. The molecule has 9 heteroatoms. The maximum absolute atomic E-state index is 13.9. The van der Waals surface area contributed by atoms with Crippen molar-refractivity contribution >= 4 is 29.4 Å². The van der Waals surface area contributed by atoms with E-state index in [2.05, 4.69) is 15.6 Å². The van der Waals surface area contributed by atoms with Crippen LogP contribution in [0.2, 0.25) is 5.02 Å². The highest BCUT2D eigenvalue weighted by Gasteiger charge is 2.47. The van der Waals surface area contributed by atoms with Gasteiger partial charge in [0.15, 0.2) is 0 Å². The highest BCUT2D eigenvalue weighted by molar-refractivity contribution is 6.31. The number of urea groups is 1. The Labute approximate surface area is 210 Å². The number of nitrogens with zero attached hydrogens (tertiary/aromatic N) is 3. The van der Waals surface area contributed by atoms with Gasteiger partial charge >= 0.3 is 6.03 Å². The number of hydrogen-bond donors (Lipinski definition) is 2. The quantitative estimate of drug-likeness (QED) is 0.584. The number of pyridine rings is 1. The molecule has 0 bridgehead atoms. The van der Waals surface area contributed by atoms with Crippen LogP contribution >= 0.6 is 11.6 Å². The van der Waals surface area contributed by atoms with E-state index in [9.17, 15) is 14.4 Å². The van der Waals surface area contributed by atoms with Crippen LogP contribution in [0.1, 0.15) is 44.5 Å². The Morgan fingerprint density at radius 1 is 1.20 bits per heavy atom. The zero-order valence-corrected chi connectivity index (χ0v) is 20.9. The van der Waals surface area contributed by atoms with E-state index in [0.717, 1.165) is 5.69 Å². The van der Waals surface area contributed by atoms with Crippen molar-refractivity contribution in [2.75, 3.05) is 13.1 Å². The molecular formula is C26H30ClN5O3. The maximum atomic E-state index is 13.9. The summed E-state index contributed by atoms with van der Waals surface area (Å²) in [6, 6.07) is 11.0. The summed E-state index contributed by atoms with van der Waals surface area (Å²) < 4.78 is 0. The normalized spacial score (nSPS) is 18.6. The molecule has 35 heavy (non-hydrogen) atoms. The lowest BCUT2D eigenvalue weighted by Crippen LogP contribution is -2.49. The molecule has 184 valence electrons. The number of benzene rings is 1. The predicted molar refractivity (Wildman–Crippen MR) is 133 cm³/mol. The lowest BCUT2D eigenvalue weighted by molar-refractivity contribution is -0.137. The van der Waals surface area contributed by atoms with Gasteiger partial charge in [0.1, 0.15) is 6.04 Å². The van der Waals surface area contributed by atoms with Gasteiger partial charge in [0, 0.05) is 17.8 Å². The summed E-state index contributed by atoms with van der Waals surface area (Å²) in [5.41, 5.74) is 2.48. The van der Waals surface area contributed by atoms with Crippen LogP contribution < -0.4 is 10.6 Å². The molecule has 0 unspecified atom stereocenters. The van der Waals surface area contributed by atoms with E-state index >= 15 is 0 Å². The second-order valence-electron chi connectivity index (χ2n) is 9.13. The van der Waals surface area contributed by atoms with Crippen LogP contribution in [0.5, 0.6) is 0 Å². The number of hydrogen-bond acceptors (Lipinski definition) is 4. The van der Waals surface area contributed by atoms with Crippen molar-refractivity contribution in [1.82, 2.24) is 25.4 Å². The van der Waals surface area contributed by atoms with Gasteiger partial charge in [-0.15, -0.1) is 0 Å². The summed E-state index contributed by atoms with van der Waals surface area (Å²) in [5.74, 6) is -0.330. The molecule has 2 aromatic rings. The van der Waals surface area contributed by atoms with Gasteiger partial charge in [0.2, 0.25) is 5.91 Å². The van der Waals surface area contributed by atoms with Crippen LogP contribution in [-0.2, 0) is 16.1 Å². The number of likely N-dealkylation sites (N-methyl/N-ethyl adjacent to an activating group) is 1. The fourth-order valence-electron chi connectivity index (χ4n) is 4.66. The van der Waals surface area contributed by atoms with Gasteiger partial charge in [-0.05, 0) is 43.0 Å². The average molecular weight is 496 g/mol. The first kappa shape index (κ1) is 24.7. The van der Waals surface area contributed by atoms with Crippen molar-refractivity contribution in [3.8, 4) is 0 Å². The van der Waals surface area contributed by atoms with Crippen molar-refractivity contribution in [2.45, 2.75) is 45.8 Å². The molecular weight excluding hydrogens is 466 g/mol. The van der Waals surface area contributed by atoms with Gasteiger partial charge in [-0.2, -0.15) is 0 Å². The van der Waals surface area contributed by atoms with E-state index in [1.165, 1.54) is 0 Å². The second-order valence-corrected chi connectivity index (χ2v) is 9.53. The van der Waals surface area contributed by atoms with Crippen LogP contribution in [-0.4, -0.2) is 51.8 Å². The van der Waals surface area contributed by atoms with E-state index in [1.807, 2.05) is 45.0 Å². The summed E-state index contributed by atoms with van der Waals surface area (Å²) >= 11 is 6.45. The number of carbonyl (C=O) groups excluding carboxylic acids is 3. The fraction of sp³-hybridized carbons (Fsp3) is 0.385. The Kier molecular flexibility index (Phi) is 7.40. The molecule has 0 fully saturated rings. The predicted octanol–water partition coefficient (Wildman–Crippen LogP) is 3.65. The molecule has 3 heterocycles. The molecule has 2 atom stereocenters. The number of aromatic nitrogens is 1. The number of carbonyl (C=O) groups is 3. The van der Waals surface area contributed by atoms with E-state index < -0.39 is 12.1 Å². The molecule has 0 aliphatic carbocycles. The summed E-state index contributed by atoms with van der Waals surface area (Å²) in [6.45, 7) is 6.75. The third-order valence-corrected chi connectivity index (χ3v) is 6.67. The van der Waals surface area contributed by atoms with Gasteiger partial charge in [0.05, 0.1) is 36.1 Å². The molecule has 1 aromatic heterocycles. The van der Waals surface area contributed by atoms with E-state index in [4.69, 9.17) is 11.6 Å². The highest BCUT2D eigenvalue weighted by atomic mass is 35.5. The molecule has 2 aliphatic rings. The number of halogens is 1. The average Bonchev–Trinajstić information content (AvgIpc) is 3.18. The van der Waals surface area contributed by atoms with Gasteiger partial charge in [0.25, 0.3) is 5.91 Å².